The number of hydrogen-bond acceptors (Lipinski definition) is 3. The lowest BCUT2D eigenvalue weighted by Gasteiger charge is -2.18. The average Bonchev–Trinajstić information content (AvgIpc) is 2.55. The van der Waals surface area contributed by atoms with Gasteiger partial charge in [-0.05, 0) is 58.4 Å². The van der Waals surface area contributed by atoms with Crippen LogP contribution in [0, 0.1) is 5.82 Å². The lowest BCUT2D eigenvalue weighted by molar-refractivity contribution is -0.131. The van der Waals surface area contributed by atoms with Crippen molar-refractivity contribution in [1.82, 2.24) is 4.90 Å². The number of halogens is 3. The van der Waals surface area contributed by atoms with Gasteiger partial charge >= 0.3 is 0 Å². The van der Waals surface area contributed by atoms with Crippen molar-refractivity contribution < 1.29 is 14.0 Å². The summed E-state index contributed by atoms with van der Waals surface area (Å²) in [5, 5.41) is 5.63. The number of carbonyl (C=O) groups excluding carboxylic acids is 2. The Morgan fingerprint density at radius 2 is 1.80 bits per heavy atom. The first-order valence-electron chi connectivity index (χ1n) is 7.33. The van der Waals surface area contributed by atoms with Crippen LogP contribution >= 0.6 is 31.9 Å². The largest absolute Gasteiger partial charge is 0.375 e. The summed E-state index contributed by atoms with van der Waals surface area (Å²) >= 11 is 6.77. The number of nitrogens with one attached hydrogen (secondary N) is 2. The van der Waals surface area contributed by atoms with Gasteiger partial charge in [-0.2, -0.15) is 0 Å². The summed E-state index contributed by atoms with van der Waals surface area (Å²) in [5.41, 5.74) is 1.25. The Balaban J connectivity index is 1.82. The first-order valence-corrected chi connectivity index (χ1v) is 8.92. The highest BCUT2D eigenvalue weighted by molar-refractivity contribution is 9.11. The zero-order valence-electron chi connectivity index (χ0n) is 13.4. The molecule has 0 aliphatic heterocycles. The van der Waals surface area contributed by atoms with Crippen LogP contribution in [0.1, 0.15) is 0 Å². The lowest BCUT2D eigenvalue weighted by Crippen LogP contribution is -2.38. The molecule has 25 heavy (non-hydrogen) atoms. The fraction of sp³-hybridized carbons (Fsp3) is 0.176. The molecule has 2 aromatic carbocycles. The van der Waals surface area contributed by atoms with Gasteiger partial charge in [0, 0.05) is 27.4 Å². The molecule has 2 rings (SSSR count). The van der Waals surface area contributed by atoms with E-state index >= 15 is 0 Å². The molecule has 132 valence electrons. The summed E-state index contributed by atoms with van der Waals surface area (Å²) in [6.07, 6.45) is 0. The monoisotopic (exact) mass is 471 g/mol. The van der Waals surface area contributed by atoms with Crippen LogP contribution in [-0.4, -0.2) is 36.9 Å². The highest BCUT2D eigenvalue weighted by atomic mass is 79.9. The fourth-order valence-corrected chi connectivity index (χ4v) is 3.16. The standard InChI is InChI=1S/C17H16Br2FN3O2/c1-23(10-16(24)22-13-5-3-12(20)4-6-13)17(25)9-21-15-7-2-11(18)8-14(15)19/h2-8,21H,9-10H2,1H3,(H,22,24). The Bertz CT molecular complexity index is 769. The van der Waals surface area contributed by atoms with Crippen molar-refractivity contribution in [2.75, 3.05) is 30.8 Å². The van der Waals surface area contributed by atoms with E-state index in [-0.39, 0.29) is 30.7 Å². The zero-order chi connectivity index (χ0) is 18.4. The number of likely N-dealkylation sites (N-methyl/N-ethyl adjacent to an activating group) is 1. The molecular weight excluding hydrogens is 457 g/mol. The van der Waals surface area contributed by atoms with E-state index < -0.39 is 0 Å². The second-order valence-corrected chi connectivity index (χ2v) is 7.05. The molecule has 0 fully saturated rings. The minimum atomic E-state index is -0.379. The SMILES string of the molecule is CN(CC(=O)Nc1ccc(F)cc1)C(=O)CNc1ccc(Br)cc1Br. The third-order valence-electron chi connectivity index (χ3n) is 3.30. The molecule has 0 heterocycles. The number of hydrogen-bond donors (Lipinski definition) is 2. The molecule has 0 aliphatic carbocycles. The highest BCUT2D eigenvalue weighted by Gasteiger charge is 2.13. The molecule has 0 aromatic heterocycles. The fourth-order valence-electron chi connectivity index (χ4n) is 1.98. The van der Waals surface area contributed by atoms with Gasteiger partial charge in [0.25, 0.3) is 0 Å². The van der Waals surface area contributed by atoms with E-state index in [1.807, 2.05) is 18.2 Å². The summed E-state index contributed by atoms with van der Waals surface area (Å²) < 4.78 is 14.6. The first kappa shape index (κ1) is 19.4. The number of nitrogens with zero attached hydrogens (tertiary/aromatic N) is 1. The average molecular weight is 473 g/mol. The van der Waals surface area contributed by atoms with Crippen LogP contribution in [0.4, 0.5) is 15.8 Å². The van der Waals surface area contributed by atoms with E-state index in [1.54, 1.807) is 7.05 Å². The van der Waals surface area contributed by atoms with Crippen molar-refractivity contribution in [3.8, 4) is 0 Å². The smallest absolute Gasteiger partial charge is 0.243 e. The molecule has 0 unspecified atom stereocenters. The van der Waals surface area contributed by atoms with Gasteiger partial charge in [0.2, 0.25) is 11.8 Å². The van der Waals surface area contributed by atoms with E-state index in [0.717, 1.165) is 14.6 Å². The molecule has 0 spiro atoms. The molecular formula is C17H16Br2FN3O2. The van der Waals surface area contributed by atoms with Crippen LogP contribution in [0.15, 0.2) is 51.4 Å². The van der Waals surface area contributed by atoms with Gasteiger partial charge in [0.05, 0.1) is 13.1 Å². The van der Waals surface area contributed by atoms with Crippen LogP contribution in [0.2, 0.25) is 0 Å². The van der Waals surface area contributed by atoms with E-state index in [4.69, 9.17) is 0 Å². The Kier molecular flexibility index (Phi) is 6.95. The van der Waals surface area contributed by atoms with Gasteiger partial charge in [-0.3, -0.25) is 9.59 Å². The lowest BCUT2D eigenvalue weighted by atomic mass is 10.3. The van der Waals surface area contributed by atoms with Crippen molar-refractivity contribution in [1.29, 1.82) is 0 Å². The van der Waals surface area contributed by atoms with Gasteiger partial charge in [-0.15, -0.1) is 0 Å². The second-order valence-electron chi connectivity index (χ2n) is 5.28. The molecule has 0 bridgehead atoms. The second kappa shape index (κ2) is 8.96. The van der Waals surface area contributed by atoms with Crippen LogP contribution in [0.3, 0.4) is 0 Å². The van der Waals surface area contributed by atoms with Crippen molar-refractivity contribution in [2.24, 2.45) is 0 Å². The van der Waals surface area contributed by atoms with Crippen molar-refractivity contribution >= 4 is 55.0 Å². The summed E-state index contributed by atoms with van der Waals surface area (Å²) in [6, 6.07) is 11.0. The van der Waals surface area contributed by atoms with Crippen molar-refractivity contribution in [3.05, 3.63) is 57.2 Å². The number of amides is 2. The third-order valence-corrected chi connectivity index (χ3v) is 4.45. The summed E-state index contributed by atoms with van der Waals surface area (Å²) in [7, 11) is 1.55. The molecule has 0 saturated heterocycles. The molecule has 2 aromatic rings. The number of carbonyl (C=O) groups is 2. The van der Waals surface area contributed by atoms with Crippen molar-refractivity contribution in [3.63, 3.8) is 0 Å². The van der Waals surface area contributed by atoms with E-state index in [0.29, 0.717) is 5.69 Å². The van der Waals surface area contributed by atoms with Crippen LogP contribution in [0.25, 0.3) is 0 Å². The van der Waals surface area contributed by atoms with E-state index in [2.05, 4.69) is 42.5 Å². The first-order chi connectivity index (χ1) is 11.8. The molecule has 2 amide bonds. The molecule has 5 nitrogen and oxygen atoms in total. The molecule has 0 atom stereocenters. The minimum Gasteiger partial charge on any atom is -0.375 e. The molecule has 0 radical (unpaired) electrons. The topological polar surface area (TPSA) is 61.4 Å². The third kappa shape index (κ3) is 6.13. The molecule has 8 heteroatoms. The van der Waals surface area contributed by atoms with E-state index in [1.165, 1.54) is 29.2 Å². The number of benzene rings is 2. The predicted octanol–water partition coefficient (Wildman–Crippen LogP) is 3.86. The summed E-state index contributed by atoms with van der Waals surface area (Å²) in [4.78, 5) is 25.4. The maximum Gasteiger partial charge on any atom is 0.243 e. The summed E-state index contributed by atoms with van der Waals surface area (Å²) in [6.45, 7) is -0.0417. The van der Waals surface area contributed by atoms with Gasteiger partial charge in [-0.1, -0.05) is 15.9 Å². The van der Waals surface area contributed by atoms with Crippen LogP contribution in [-0.2, 0) is 9.59 Å². The summed E-state index contributed by atoms with van der Waals surface area (Å²) in [5.74, 6) is -0.966. The van der Waals surface area contributed by atoms with Gasteiger partial charge in [0.1, 0.15) is 5.82 Å². The zero-order valence-corrected chi connectivity index (χ0v) is 16.5. The van der Waals surface area contributed by atoms with Gasteiger partial charge in [-0.25, -0.2) is 4.39 Å². The van der Waals surface area contributed by atoms with E-state index in [9.17, 15) is 14.0 Å². The Labute approximate surface area is 161 Å². The normalized spacial score (nSPS) is 10.2. The number of rotatable bonds is 6. The van der Waals surface area contributed by atoms with Crippen molar-refractivity contribution in [2.45, 2.75) is 0 Å². The minimum absolute atomic E-state index is 0.0561. The van der Waals surface area contributed by atoms with Gasteiger partial charge in [0.15, 0.2) is 0 Å². The van der Waals surface area contributed by atoms with Crippen LogP contribution < -0.4 is 10.6 Å². The Morgan fingerprint density at radius 3 is 2.44 bits per heavy atom. The maximum absolute atomic E-state index is 12.8. The van der Waals surface area contributed by atoms with Gasteiger partial charge < -0.3 is 15.5 Å². The Hall–Kier alpha value is -1.93. The number of anilines is 2. The molecule has 0 aliphatic rings. The molecule has 0 saturated carbocycles. The maximum atomic E-state index is 12.8. The quantitative estimate of drug-likeness (QED) is 0.671. The Morgan fingerprint density at radius 1 is 1.12 bits per heavy atom. The molecule has 2 N–H and O–H groups in total. The van der Waals surface area contributed by atoms with Crippen LogP contribution in [0.5, 0.6) is 0 Å². The predicted molar refractivity (Wildman–Crippen MR) is 103 cm³/mol. The highest BCUT2D eigenvalue weighted by Crippen LogP contribution is 2.25.